The molecular weight excluding hydrogens is 240 g/mol. The lowest BCUT2D eigenvalue weighted by atomic mass is 10.1. The highest BCUT2D eigenvalue weighted by atomic mass is 16.4. The second kappa shape index (κ2) is 6.67. The second-order valence-electron chi connectivity index (χ2n) is 4.23. The molecule has 0 radical (unpaired) electrons. The van der Waals surface area contributed by atoms with Crippen LogP contribution in [-0.2, 0) is 4.79 Å². The first-order chi connectivity index (χ1) is 8.49. The SMILES string of the molecule is NC(=O)NCCNC(=O)NC(CC(=O)O)C1CC1. The van der Waals surface area contributed by atoms with Crippen LogP contribution in [0.2, 0.25) is 0 Å². The van der Waals surface area contributed by atoms with Crippen LogP contribution in [0.1, 0.15) is 19.3 Å². The number of carbonyl (C=O) groups is 3. The summed E-state index contributed by atoms with van der Waals surface area (Å²) in [5.74, 6) is -0.668. The predicted molar refractivity (Wildman–Crippen MR) is 62.9 cm³/mol. The van der Waals surface area contributed by atoms with E-state index in [1.165, 1.54) is 0 Å². The molecule has 0 aromatic rings. The van der Waals surface area contributed by atoms with Crippen LogP contribution >= 0.6 is 0 Å². The summed E-state index contributed by atoms with van der Waals surface area (Å²) >= 11 is 0. The van der Waals surface area contributed by atoms with Crippen LogP contribution in [0.15, 0.2) is 0 Å². The first kappa shape index (κ1) is 14.1. The van der Waals surface area contributed by atoms with Crippen LogP contribution in [0.4, 0.5) is 9.59 Å². The maximum atomic E-state index is 11.5. The molecule has 1 unspecified atom stereocenters. The molecule has 1 fully saturated rings. The summed E-state index contributed by atoms with van der Waals surface area (Å²) < 4.78 is 0. The Kier molecular flexibility index (Phi) is 5.22. The van der Waals surface area contributed by atoms with Gasteiger partial charge in [-0.05, 0) is 18.8 Å². The topological polar surface area (TPSA) is 134 Å². The van der Waals surface area contributed by atoms with E-state index in [1.807, 2.05) is 0 Å². The number of aliphatic carboxylic acids is 1. The molecule has 18 heavy (non-hydrogen) atoms. The Balaban J connectivity index is 2.20. The average molecular weight is 258 g/mol. The Labute approximate surface area is 104 Å². The number of carboxylic acids is 1. The Morgan fingerprint density at radius 3 is 2.33 bits per heavy atom. The van der Waals surface area contributed by atoms with E-state index in [2.05, 4.69) is 16.0 Å². The van der Waals surface area contributed by atoms with E-state index >= 15 is 0 Å². The zero-order chi connectivity index (χ0) is 13.5. The van der Waals surface area contributed by atoms with E-state index in [-0.39, 0.29) is 31.5 Å². The molecule has 102 valence electrons. The van der Waals surface area contributed by atoms with Gasteiger partial charge in [0.15, 0.2) is 0 Å². The van der Waals surface area contributed by atoms with Crippen molar-refractivity contribution >= 4 is 18.0 Å². The normalized spacial score (nSPS) is 15.6. The van der Waals surface area contributed by atoms with E-state index in [0.29, 0.717) is 0 Å². The third-order valence-corrected chi connectivity index (χ3v) is 2.61. The van der Waals surface area contributed by atoms with Gasteiger partial charge in [-0.3, -0.25) is 4.79 Å². The van der Waals surface area contributed by atoms with Crippen molar-refractivity contribution in [2.75, 3.05) is 13.1 Å². The molecule has 0 spiro atoms. The lowest BCUT2D eigenvalue weighted by molar-refractivity contribution is -0.137. The molecule has 8 nitrogen and oxygen atoms in total. The largest absolute Gasteiger partial charge is 0.481 e. The molecule has 0 saturated heterocycles. The van der Waals surface area contributed by atoms with Gasteiger partial charge in [-0.15, -0.1) is 0 Å². The molecule has 1 aliphatic carbocycles. The number of hydrogen-bond donors (Lipinski definition) is 5. The minimum absolute atomic E-state index is 0.0718. The number of hydrogen-bond acceptors (Lipinski definition) is 3. The number of amides is 4. The van der Waals surface area contributed by atoms with Crippen LogP contribution < -0.4 is 21.7 Å². The summed E-state index contributed by atoms with van der Waals surface area (Å²) in [5, 5.41) is 16.2. The fraction of sp³-hybridized carbons (Fsp3) is 0.700. The predicted octanol–water partition coefficient (Wildman–Crippen LogP) is -0.793. The van der Waals surface area contributed by atoms with Gasteiger partial charge in [0, 0.05) is 19.1 Å². The Hall–Kier alpha value is -1.99. The zero-order valence-electron chi connectivity index (χ0n) is 9.94. The van der Waals surface area contributed by atoms with Gasteiger partial charge in [0.2, 0.25) is 0 Å². The summed E-state index contributed by atoms with van der Waals surface area (Å²) in [7, 11) is 0. The minimum Gasteiger partial charge on any atom is -0.481 e. The zero-order valence-corrected chi connectivity index (χ0v) is 9.94. The van der Waals surface area contributed by atoms with Crippen LogP contribution in [0, 0.1) is 5.92 Å². The smallest absolute Gasteiger partial charge is 0.315 e. The van der Waals surface area contributed by atoms with Crippen molar-refractivity contribution in [2.45, 2.75) is 25.3 Å². The van der Waals surface area contributed by atoms with Crippen molar-refractivity contribution in [3.63, 3.8) is 0 Å². The number of carboxylic acid groups (broad SMARTS) is 1. The van der Waals surface area contributed by atoms with Gasteiger partial charge in [-0.25, -0.2) is 9.59 Å². The molecule has 0 bridgehead atoms. The van der Waals surface area contributed by atoms with Crippen LogP contribution in [-0.4, -0.2) is 42.3 Å². The highest BCUT2D eigenvalue weighted by molar-refractivity contribution is 5.76. The molecule has 1 rings (SSSR count). The van der Waals surface area contributed by atoms with Gasteiger partial charge < -0.3 is 26.8 Å². The van der Waals surface area contributed by atoms with Gasteiger partial charge >= 0.3 is 18.0 Å². The Bertz CT molecular complexity index is 330. The third kappa shape index (κ3) is 5.92. The second-order valence-corrected chi connectivity index (χ2v) is 4.23. The van der Waals surface area contributed by atoms with Gasteiger partial charge in [-0.1, -0.05) is 0 Å². The molecule has 0 aliphatic heterocycles. The molecular formula is C10H18N4O4. The molecule has 4 amide bonds. The summed E-state index contributed by atoms with van der Waals surface area (Å²) in [4.78, 5) is 32.4. The van der Waals surface area contributed by atoms with E-state index < -0.39 is 18.0 Å². The van der Waals surface area contributed by atoms with Crippen molar-refractivity contribution in [3.05, 3.63) is 0 Å². The fourth-order valence-corrected chi connectivity index (χ4v) is 1.60. The quantitative estimate of drug-likeness (QED) is 0.382. The summed E-state index contributed by atoms with van der Waals surface area (Å²) in [6.07, 6.45) is 1.82. The maximum Gasteiger partial charge on any atom is 0.315 e. The Morgan fingerprint density at radius 1 is 1.22 bits per heavy atom. The first-order valence-electron chi connectivity index (χ1n) is 5.78. The standard InChI is InChI=1S/C10H18N4O4/c11-9(17)12-3-4-13-10(18)14-7(5-8(15)16)6-1-2-6/h6-7H,1-5H2,(H,15,16)(H3,11,12,17)(H2,13,14,18). The summed E-state index contributed by atoms with van der Waals surface area (Å²) in [6, 6.07) is -1.41. The van der Waals surface area contributed by atoms with Crippen LogP contribution in [0.3, 0.4) is 0 Å². The van der Waals surface area contributed by atoms with Crippen molar-refractivity contribution in [1.82, 2.24) is 16.0 Å². The molecule has 8 heteroatoms. The monoisotopic (exact) mass is 258 g/mol. The molecule has 0 aromatic carbocycles. The minimum atomic E-state index is -0.928. The molecule has 1 atom stereocenters. The molecule has 6 N–H and O–H groups in total. The highest BCUT2D eigenvalue weighted by Crippen LogP contribution is 2.33. The molecule has 0 heterocycles. The van der Waals surface area contributed by atoms with Gasteiger partial charge in [-0.2, -0.15) is 0 Å². The van der Waals surface area contributed by atoms with E-state index in [4.69, 9.17) is 10.8 Å². The maximum absolute atomic E-state index is 11.5. The van der Waals surface area contributed by atoms with E-state index in [9.17, 15) is 14.4 Å². The Morgan fingerprint density at radius 2 is 1.83 bits per heavy atom. The van der Waals surface area contributed by atoms with Crippen LogP contribution in [0.25, 0.3) is 0 Å². The molecule has 1 saturated carbocycles. The van der Waals surface area contributed by atoms with E-state index in [0.717, 1.165) is 12.8 Å². The van der Waals surface area contributed by atoms with E-state index in [1.54, 1.807) is 0 Å². The number of nitrogens with one attached hydrogen (secondary N) is 3. The van der Waals surface area contributed by atoms with Gasteiger partial charge in [0.1, 0.15) is 0 Å². The average Bonchev–Trinajstić information content (AvgIpc) is 3.06. The fourth-order valence-electron chi connectivity index (χ4n) is 1.60. The lowest BCUT2D eigenvalue weighted by Crippen LogP contribution is -2.46. The summed E-state index contributed by atoms with van der Waals surface area (Å²) in [5.41, 5.74) is 4.85. The molecule has 0 aromatic heterocycles. The lowest BCUT2D eigenvalue weighted by Gasteiger charge is -2.16. The third-order valence-electron chi connectivity index (χ3n) is 2.61. The number of carbonyl (C=O) groups excluding carboxylic acids is 2. The first-order valence-corrected chi connectivity index (χ1v) is 5.78. The number of urea groups is 2. The number of primary amides is 1. The van der Waals surface area contributed by atoms with Crippen molar-refractivity contribution in [2.24, 2.45) is 11.7 Å². The van der Waals surface area contributed by atoms with Crippen LogP contribution in [0.5, 0.6) is 0 Å². The van der Waals surface area contributed by atoms with Crippen molar-refractivity contribution in [3.8, 4) is 0 Å². The van der Waals surface area contributed by atoms with Gasteiger partial charge in [0.25, 0.3) is 0 Å². The van der Waals surface area contributed by atoms with Gasteiger partial charge in [0.05, 0.1) is 6.42 Å². The van der Waals surface area contributed by atoms with Crippen molar-refractivity contribution in [1.29, 1.82) is 0 Å². The molecule has 1 aliphatic rings. The van der Waals surface area contributed by atoms with Crippen molar-refractivity contribution < 1.29 is 19.5 Å². The number of rotatable bonds is 7. The summed E-state index contributed by atoms with van der Waals surface area (Å²) in [6.45, 7) is 0.467. The number of nitrogens with two attached hydrogens (primary N) is 1. The highest BCUT2D eigenvalue weighted by Gasteiger charge is 2.33.